The third kappa shape index (κ3) is 4.60. The predicted molar refractivity (Wildman–Crippen MR) is 96.8 cm³/mol. The van der Waals surface area contributed by atoms with Crippen LogP contribution in [0.15, 0.2) is 42.5 Å². The van der Waals surface area contributed by atoms with Crippen LogP contribution >= 0.6 is 0 Å². The van der Waals surface area contributed by atoms with E-state index in [4.69, 9.17) is 0 Å². The maximum atomic E-state index is 13.9. The Kier molecular flexibility index (Phi) is 6.01. The fourth-order valence-electron chi connectivity index (χ4n) is 3.24. The molecule has 27 heavy (non-hydrogen) atoms. The number of amides is 1. The minimum atomic E-state index is -0.886. The summed E-state index contributed by atoms with van der Waals surface area (Å²) in [6, 6.07) is 10.2. The highest BCUT2D eigenvalue weighted by atomic mass is 19.2. The molecule has 0 aromatic heterocycles. The Labute approximate surface area is 156 Å². The lowest BCUT2D eigenvalue weighted by Gasteiger charge is -2.36. The van der Waals surface area contributed by atoms with Gasteiger partial charge in [0.25, 0.3) is 5.91 Å². The zero-order chi connectivity index (χ0) is 19.4. The quantitative estimate of drug-likeness (QED) is 0.866. The van der Waals surface area contributed by atoms with Crippen molar-refractivity contribution >= 4 is 11.6 Å². The SMILES string of the molecule is C[C@H]([NH2+]CC(=O)N1CCN(c2ccccc2F)CC1)c1ccc(F)c(F)c1. The summed E-state index contributed by atoms with van der Waals surface area (Å²) in [6.45, 7) is 4.27. The number of quaternary nitrogens is 1. The van der Waals surface area contributed by atoms with Gasteiger partial charge in [0, 0.05) is 31.7 Å². The lowest BCUT2D eigenvalue weighted by atomic mass is 10.1. The monoisotopic (exact) mass is 378 g/mol. The molecule has 1 aliphatic rings. The van der Waals surface area contributed by atoms with Crippen molar-refractivity contribution in [2.24, 2.45) is 0 Å². The molecule has 1 saturated heterocycles. The van der Waals surface area contributed by atoms with Gasteiger partial charge < -0.3 is 15.1 Å². The molecule has 1 aliphatic heterocycles. The maximum Gasteiger partial charge on any atom is 0.277 e. The second kappa shape index (κ2) is 8.43. The van der Waals surface area contributed by atoms with Gasteiger partial charge in [-0.2, -0.15) is 0 Å². The van der Waals surface area contributed by atoms with Crippen molar-refractivity contribution in [2.75, 3.05) is 37.6 Å². The molecule has 2 aromatic carbocycles. The highest BCUT2D eigenvalue weighted by Gasteiger charge is 2.24. The summed E-state index contributed by atoms with van der Waals surface area (Å²) in [5.41, 5.74) is 1.19. The summed E-state index contributed by atoms with van der Waals surface area (Å²) in [6.07, 6.45) is 0. The van der Waals surface area contributed by atoms with E-state index >= 15 is 0 Å². The van der Waals surface area contributed by atoms with Gasteiger partial charge >= 0.3 is 0 Å². The number of halogens is 3. The number of piperazine rings is 1. The molecule has 7 heteroatoms. The number of carbonyl (C=O) groups excluding carboxylic acids is 1. The van der Waals surface area contributed by atoms with Crippen molar-refractivity contribution in [1.29, 1.82) is 0 Å². The van der Waals surface area contributed by atoms with Crippen molar-refractivity contribution < 1.29 is 23.3 Å². The summed E-state index contributed by atoms with van der Waals surface area (Å²) >= 11 is 0. The van der Waals surface area contributed by atoms with Crippen LogP contribution in [0.3, 0.4) is 0 Å². The lowest BCUT2D eigenvalue weighted by molar-refractivity contribution is -0.683. The topological polar surface area (TPSA) is 40.2 Å². The second-order valence-electron chi connectivity index (χ2n) is 6.72. The third-order valence-electron chi connectivity index (χ3n) is 4.94. The van der Waals surface area contributed by atoms with Gasteiger partial charge in [-0.15, -0.1) is 0 Å². The highest BCUT2D eigenvalue weighted by Crippen LogP contribution is 2.20. The largest absolute Gasteiger partial charge is 0.366 e. The molecule has 0 aliphatic carbocycles. The summed E-state index contributed by atoms with van der Waals surface area (Å²) < 4.78 is 40.2. The number of carbonyl (C=O) groups is 1. The lowest BCUT2D eigenvalue weighted by Crippen LogP contribution is -2.87. The van der Waals surface area contributed by atoms with E-state index in [2.05, 4.69) is 0 Å². The molecule has 0 bridgehead atoms. The molecule has 1 fully saturated rings. The van der Waals surface area contributed by atoms with Gasteiger partial charge in [0.05, 0.1) is 5.69 Å². The molecule has 0 saturated carbocycles. The molecular weight excluding hydrogens is 355 g/mol. The van der Waals surface area contributed by atoms with Crippen LogP contribution in [0.2, 0.25) is 0 Å². The Balaban J connectivity index is 1.49. The average molecular weight is 378 g/mol. The smallest absolute Gasteiger partial charge is 0.277 e. The van der Waals surface area contributed by atoms with Crippen LogP contribution in [0.4, 0.5) is 18.9 Å². The molecule has 0 spiro atoms. The van der Waals surface area contributed by atoms with Gasteiger partial charge in [-0.3, -0.25) is 4.79 Å². The molecule has 1 heterocycles. The third-order valence-corrected chi connectivity index (χ3v) is 4.94. The molecule has 3 rings (SSSR count). The van der Waals surface area contributed by atoms with Crippen molar-refractivity contribution in [1.82, 2.24) is 4.90 Å². The number of hydrogen-bond acceptors (Lipinski definition) is 2. The van der Waals surface area contributed by atoms with E-state index in [1.165, 1.54) is 12.1 Å². The average Bonchev–Trinajstić information content (AvgIpc) is 2.68. The van der Waals surface area contributed by atoms with Crippen molar-refractivity contribution in [3.8, 4) is 0 Å². The van der Waals surface area contributed by atoms with Crippen LogP contribution < -0.4 is 10.2 Å². The van der Waals surface area contributed by atoms with E-state index in [0.29, 0.717) is 37.4 Å². The van der Waals surface area contributed by atoms with Crippen molar-refractivity contribution in [3.63, 3.8) is 0 Å². The van der Waals surface area contributed by atoms with Crippen LogP contribution in [0.1, 0.15) is 18.5 Å². The Morgan fingerprint density at radius 3 is 2.37 bits per heavy atom. The zero-order valence-electron chi connectivity index (χ0n) is 15.2. The fraction of sp³-hybridized carbons (Fsp3) is 0.350. The van der Waals surface area contributed by atoms with Gasteiger partial charge in [0.2, 0.25) is 0 Å². The summed E-state index contributed by atoms with van der Waals surface area (Å²) in [5.74, 6) is -2.04. The minimum Gasteiger partial charge on any atom is -0.366 e. The second-order valence-corrected chi connectivity index (χ2v) is 6.72. The first-order valence-corrected chi connectivity index (χ1v) is 9.01. The summed E-state index contributed by atoms with van der Waals surface area (Å²) in [4.78, 5) is 16.1. The first-order chi connectivity index (χ1) is 13.0. The van der Waals surface area contributed by atoms with Crippen molar-refractivity contribution in [2.45, 2.75) is 13.0 Å². The van der Waals surface area contributed by atoms with Gasteiger partial charge in [0.1, 0.15) is 11.9 Å². The van der Waals surface area contributed by atoms with Crippen LogP contribution in [-0.2, 0) is 4.79 Å². The Morgan fingerprint density at radius 1 is 1.00 bits per heavy atom. The highest BCUT2D eigenvalue weighted by molar-refractivity contribution is 5.77. The van der Waals surface area contributed by atoms with E-state index in [9.17, 15) is 18.0 Å². The van der Waals surface area contributed by atoms with Gasteiger partial charge in [-0.1, -0.05) is 12.1 Å². The molecule has 4 nitrogen and oxygen atoms in total. The number of hydrogen-bond donors (Lipinski definition) is 1. The van der Waals surface area contributed by atoms with Gasteiger partial charge in [-0.25, -0.2) is 13.2 Å². The molecule has 144 valence electrons. The molecule has 0 unspecified atom stereocenters. The standard InChI is InChI=1S/C20H22F3N3O/c1-14(15-6-7-16(21)18(23)12-15)24-13-20(27)26-10-8-25(9-11-26)19-5-3-2-4-17(19)22/h2-7,12,14,24H,8-11,13H2,1H3/p+1/t14-/m0/s1. The number of benzene rings is 2. The molecule has 1 atom stereocenters. The fourth-order valence-corrected chi connectivity index (χ4v) is 3.24. The van der Waals surface area contributed by atoms with Crippen LogP contribution in [0, 0.1) is 17.5 Å². The number of nitrogens with zero attached hydrogens (tertiary/aromatic N) is 2. The zero-order valence-corrected chi connectivity index (χ0v) is 15.2. The minimum absolute atomic E-state index is 0.0161. The number of nitrogens with two attached hydrogens (primary N) is 1. The first-order valence-electron chi connectivity index (χ1n) is 9.01. The van der Waals surface area contributed by atoms with E-state index in [-0.39, 0.29) is 24.3 Å². The number of anilines is 1. The number of rotatable bonds is 5. The molecule has 1 amide bonds. The Bertz CT molecular complexity index is 807. The van der Waals surface area contributed by atoms with E-state index in [1.807, 2.05) is 11.8 Å². The molecule has 2 N–H and O–H groups in total. The van der Waals surface area contributed by atoms with E-state index in [0.717, 1.165) is 12.1 Å². The first kappa shape index (κ1) is 19.2. The van der Waals surface area contributed by atoms with Gasteiger partial charge in [-0.05, 0) is 37.3 Å². The number of para-hydroxylation sites is 1. The van der Waals surface area contributed by atoms with E-state index < -0.39 is 11.6 Å². The summed E-state index contributed by atoms with van der Waals surface area (Å²) in [7, 11) is 0. The molecular formula is C20H23F3N3O+. The summed E-state index contributed by atoms with van der Waals surface area (Å²) in [5, 5.41) is 1.80. The van der Waals surface area contributed by atoms with Gasteiger partial charge in [0.15, 0.2) is 18.2 Å². The van der Waals surface area contributed by atoms with Crippen LogP contribution in [0.5, 0.6) is 0 Å². The normalized spacial score (nSPS) is 15.7. The van der Waals surface area contributed by atoms with Crippen molar-refractivity contribution in [3.05, 3.63) is 65.5 Å². The maximum absolute atomic E-state index is 13.9. The van der Waals surface area contributed by atoms with Crippen LogP contribution in [0.25, 0.3) is 0 Å². The Morgan fingerprint density at radius 2 is 1.70 bits per heavy atom. The Hall–Kier alpha value is -2.54. The molecule has 2 aromatic rings. The predicted octanol–water partition coefficient (Wildman–Crippen LogP) is 2.08. The van der Waals surface area contributed by atoms with E-state index in [1.54, 1.807) is 28.4 Å². The van der Waals surface area contributed by atoms with Crippen LogP contribution in [-0.4, -0.2) is 43.5 Å². The molecule has 0 radical (unpaired) electrons.